The zero-order chi connectivity index (χ0) is 15.1. The number of nitrogens with zero attached hydrogens (tertiary/aromatic N) is 1. The van der Waals surface area contributed by atoms with E-state index in [1.807, 2.05) is 18.7 Å². The van der Waals surface area contributed by atoms with E-state index in [1.165, 1.54) is 12.8 Å². The molecule has 0 unspecified atom stereocenters. The number of carbonyl (C=O) groups excluding carboxylic acids is 2. The molecule has 1 heterocycles. The lowest BCUT2D eigenvalue weighted by Crippen LogP contribution is -2.76. The van der Waals surface area contributed by atoms with Gasteiger partial charge in [0.2, 0.25) is 11.8 Å². The summed E-state index contributed by atoms with van der Waals surface area (Å²) in [7, 11) is 0. The average molecular weight is 292 g/mol. The van der Waals surface area contributed by atoms with Crippen molar-refractivity contribution in [2.24, 2.45) is 0 Å². The van der Waals surface area contributed by atoms with Crippen molar-refractivity contribution >= 4 is 11.8 Å². The highest BCUT2D eigenvalue weighted by Crippen LogP contribution is 2.43. The number of hydrogen-bond acceptors (Lipinski definition) is 2. The molecule has 118 valence electrons. The molecule has 3 fully saturated rings. The zero-order valence-electron chi connectivity index (χ0n) is 13.4. The highest BCUT2D eigenvalue weighted by atomic mass is 16.2. The van der Waals surface area contributed by atoms with Crippen LogP contribution in [0.4, 0.5) is 0 Å². The van der Waals surface area contributed by atoms with Crippen LogP contribution in [0.3, 0.4) is 0 Å². The molecule has 0 atom stereocenters. The van der Waals surface area contributed by atoms with Crippen molar-refractivity contribution < 1.29 is 9.59 Å². The van der Waals surface area contributed by atoms with E-state index < -0.39 is 11.1 Å². The molecule has 1 N–H and O–H groups in total. The van der Waals surface area contributed by atoms with Gasteiger partial charge in [0, 0.05) is 6.04 Å². The van der Waals surface area contributed by atoms with Gasteiger partial charge in [0.15, 0.2) is 0 Å². The van der Waals surface area contributed by atoms with E-state index in [0.29, 0.717) is 12.8 Å². The molecule has 2 saturated carbocycles. The SMILES string of the molecule is CCC1(CC)C(=O)NC2(CCCC2)C(=O)N1C1CCCC1. The largest absolute Gasteiger partial charge is 0.340 e. The third-order valence-electron chi connectivity index (χ3n) is 6.18. The second-order valence-corrected chi connectivity index (χ2v) is 7.10. The third kappa shape index (κ3) is 2.01. The molecule has 3 aliphatic rings. The highest BCUT2D eigenvalue weighted by Gasteiger charge is 2.59. The molecule has 2 amide bonds. The fourth-order valence-electron chi connectivity index (χ4n) is 4.83. The molecule has 0 bridgehead atoms. The molecule has 3 rings (SSSR count). The molecule has 0 radical (unpaired) electrons. The van der Waals surface area contributed by atoms with Crippen LogP contribution in [0, 0.1) is 0 Å². The van der Waals surface area contributed by atoms with Gasteiger partial charge < -0.3 is 10.2 Å². The summed E-state index contributed by atoms with van der Waals surface area (Å²) in [6.07, 6.45) is 9.69. The summed E-state index contributed by atoms with van der Waals surface area (Å²) in [5, 5.41) is 3.16. The van der Waals surface area contributed by atoms with Crippen LogP contribution in [0.2, 0.25) is 0 Å². The van der Waals surface area contributed by atoms with Crippen molar-refractivity contribution in [3.8, 4) is 0 Å². The number of amides is 2. The van der Waals surface area contributed by atoms with Crippen LogP contribution in [0.15, 0.2) is 0 Å². The Morgan fingerprint density at radius 3 is 2.14 bits per heavy atom. The summed E-state index contributed by atoms with van der Waals surface area (Å²) in [6.45, 7) is 4.09. The first-order valence-corrected chi connectivity index (χ1v) is 8.76. The summed E-state index contributed by atoms with van der Waals surface area (Å²) in [6, 6.07) is 0.279. The van der Waals surface area contributed by atoms with E-state index in [0.717, 1.165) is 38.5 Å². The van der Waals surface area contributed by atoms with Crippen molar-refractivity contribution in [3.63, 3.8) is 0 Å². The minimum Gasteiger partial charge on any atom is -0.340 e. The molecule has 0 aromatic carbocycles. The number of rotatable bonds is 3. The Bertz CT molecular complexity index is 430. The van der Waals surface area contributed by atoms with Gasteiger partial charge in [0.05, 0.1) is 0 Å². The standard InChI is InChI=1S/C17H28N2O2/c1-3-17(4-2)14(20)18-16(11-7-8-12-16)15(21)19(17)13-9-5-6-10-13/h13H,3-12H2,1-2H3,(H,18,20). The van der Waals surface area contributed by atoms with Crippen LogP contribution in [-0.4, -0.2) is 33.8 Å². The number of carbonyl (C=O) groups is 2. The molecule has 1 spiro atoms. The summed E-state index contributed by atoms with van der Waals surface area (Å²) < 4.78 is 0. The van der Waals surface area contributed by atoms with Crippen LogP contribution >= 0.6 is 0 Å². The fraction of sp³-hybridized carbons (Fsp3) is 0.882. The monoisotopic (exact) mass is 292 g/mol. The zero-order valence-corrected chi connectivity index (χ0v) is 13.4. The van der Waals surface area contributed by atoms with Gasteiger partial charge in [-0.3, -0.25) is 9.59 Å². The second kappa shape index (κ2) is 5.29. The normalized spacial score (nSPS) is 28.4. The maximum atomic E-state index is 13.3. The summed E-state index contributed by atoms with van der Waals surface area (Å²) in [5.41, 5.74) is -1.19. The molecule has 21 heavy (non-hydrogen) atoms. The van der Waals surface area contributed by atoms with Crippen molar-refractivity contribution in [2.45, 2.75) is 95.2 Å². The Kier molecular flexibility index (Phi) is 3.74. The van der Waals surface area contributed by atoms with Crippen molar-refractivity contribution in [1.82, 2.24) is 10.2 Å². The third-order valence-corrected chi connectivity index (χ3v) is 6.18. The Labute approximate surface area is 127 Å². The first-order chi connectivity index (χ1) is 10.1. The topological polar surface area (TPSA) is 49.4 Å². The number of hydrogen-bond donors (Lipinski definition) is 1. The Morgan fingerprint density at radius 2 is 1.62 bits per heavy atom. The van der Waals surface area contributed by atoms with Gasteiger partial charge in [-0.05, 0) is 38.5 Å². The highest BCUT2D eigenvalue weighted by molar-refractivity contribution is 6.02. The van der Waals surface area contributed by atoms with Gasteiger partial charge in [0.25, 0.3) is 0 Å². The van der Waals surface area contributed by atoms with E-state index in [1.54, 1.807) is 0 Å². The quantitative estimate of drug-likeness (QED) is 0.869. The van der Waals surface area contributed by atoms with Gasteiger partial charge in [-0.1, -0.05) is 39.5 Å². The lowest BCUT2D eigenvalue weighted by molar-refractivity contribution is -0.167. The van der Waals surface area contributed by atoms with Crippen molar-refractivity contribution in [1.29, 1.82) is 0 Å². The number of piperazine rings is 1. The van der Waals surface area contributed by atoms with E-state index in [-0.39, 0.29) is 17.9 Å². The smallest absolute Gasteiger partial charge is 0.249 e. The molecule has 0 aromatic heterocycles. The van der Waals surface area contributed by atoms with E-state index in [2.05, 4.69) is 5.32 Å². The Morgan fingerprint density at radius 1 is 1.05 bits per heavy atom. The average Bonchev–Trinajstić information content (AvgIpc) is 3.15. The van der Waals surface area contributed by atoms with Gasteiger partial charge in [-0.2, -0.15) is 0 Å². The maximum Gasteiger partial charge on any atom is 0.249 e. The molecular weight excluding hydrogens is 264 g/mol. The molecule has 1 saturated heterocycles. The molecule has 4 nitrogen and oxygen atoms in total. The predicted octanol–water partition coefficient (Wildman–Crippen LogP) is 2.76. The summed E-state index contributed by atoms with van der Waals surface area (Å²) in [5.74, 6) is 0.316. The lowest BCUT2D eigenvalue weighted by Gasteiger charge is -2.53. The molecule has 0 aromatic rings. The first-order valence-electron chi connectivity index (χ1n) is 8.76. The molecule has 4 heteroatoms. The maximum absolute atomic E-state index is 13.3. The second-order valence-electron chi connectivity index (χ2n) is 7.10. The molecule has 1 aliphatic heterocycles. The van der Waals surface area contributed by atoms with Crippen molar-refractivity contribution in [3.05, 3.63) is 0 Å². The minimum atomic E-state index is -0.611. The van der Waals surface area contributed by atoms with Crippen LogP contribution < -0.4 is 5.32 Å². The molecule has 2 aliphatic carbocycles. The summed E-state index contributed by atoms with van der Waals surface area (Å²) in [4.78, 5) is 28.3. The van der Waals surface area contributed by atoms with E-state index in [9.17, 15) is 9.59 Å². The Balaban J connectivity index is 2.02. The van der Waals surface area contributed by atoms with E-state index >= 15 is 0 Å². The Hall–Kier alpha value is -1.06. The van der Waals surface area contributed by atoms with Gasteiger partial charge in [-0.15, -0.1) is 0 Å². The van der Waals surface area contributed by atoms with E-state index in [4.69, 9.17) is 0 Å². The number of nitrogens with one attached hydrogen (secondary N) is 1. The first kappa shape index (κ1) is 14.9. The van der Waals surface area contributed by atoms with Gasteiger partial charge in [0.1, 0.15) is 11.1 Å². The molecular formula is C17H28N2O2. The lowest BCUT2D eigenvalue weighted by atomic mass is 9.79. The fourth-order valence-corrected chi connectivity index (χ4v) is 4.83. The van der Waals surface area contributed by atoms with Gasteiger partial charge in [-0.25, -0.2) is 0 Å². The van der Waals surface area contributed by atoms with Gasteiger partial charge >= 0.3 is 0 Å². The van der Waals surface area contributed by atoms with Crippen LogP contribution in [0.25, 0.3) is 0 Å². The van der Waals surface area contributed by atoms with Crippen molar-refractivity contribution in [2.75, 3.05) is 0 Å². The van der Waals surface area contributed by atoms with Crippen LogP contribution in [-0.2, 0) is 9.59 Å². The summed E-state index contributed by atoms with van der Waals surface area (Å²) >= 11 is 0. The van der Waals surface area contributed by atoms with Crippen LogP contribution in [0.5, 0.6) is 0 Å². The minimum absolute atomic E-state index is 0.0981. The predicted molar refractivity (Wildman–Crippen MR) is 81.8 cm³/mol. The van der Waals surface area contributed by atoms with Crippen LogP contribution in [0.1, 0.15) is 78.1 Å².